The molecule has 1 aliphatic rings. The van der Waals surface area contributed by atoms with Gasteiger partial charge >= 0.3 is 0 Å². The van der Waals surface area contributed by atoms with Crippen molar-refractivity contribution in [2.45, 2.75) is 37.5 Å². The van der Waals surface area contributed by atoms with E-state index in [1.807, 2.05) is 19.1 Å². The van der Waals surface area contributed by atoms with Crippen LogP contribution in [-0.2, 0) is 16.4 Å². The average molecular weight is 440 g/mol. The molecule has 0 spiro atoms. The van der Waals surface area contributed by atoms with E-state index in [2.05, 4.69) is 20.5 Å². The molecule has 1 aromatic carbocycles. The number of nitrogens with one attached hydrogen (secondary N) is 2. The summed E-state index contributed by atoms with van der Waals surface area (Å²) in [5, 5.41) is 10.1. The Morgan fingerprint density at radius 3 is 2.58 bits per heavy atom. The molecule has 3 heterocycles. The van der Waals surface area contributed by atoms with E-state index in [1.54, 1.807) is 24.5 Å². The van der Waals surface area contributed by atoms with Crippen molar-refractivity contribution in [3.8, 4) is 11.3 Å². The molecule has 0 unspecified atom stereocenters. The number of hydrogen-bond donors (Lipinski definition) is 2. The molecule has 1 fully saturated rings. The third kappa shape index (κ3) is 4.38. The van der Waals surface area contributed by atoms with Crippen LogP contribution in [0.4, 0.5) is 5.82 Å². The van der Waals surface area contributed by atoms with Gasteiger partial charge in [-0.15, -0.1) is 0 Å². The molecule has 2 N–H and O–H groups in total. The number of benzene rings is 1. The average Bonchev–Trinajstić information content (AvgIpc) is 3.22. The quantitative estimate of drug-likeness (QED) is 0.611. The first-order valence-electron chi connectivity index (χ1n) is 10.4. The number of nitrogens with zero attached hydrogens (tertiary/aromatic N) is 3. The van der Waals surface area contributed by atoms with Gasteiger partial charge in [-0.3, -0.25) is 14.9 Å². The first kappa shape index (κ1) is 21.2. The van der Waals surface area contributed by atoms with Crippen LogP contribution in [0.25, 0.3) is 11.3 Å². The number of pyridine rings is 1. The van der Waals surface area contributed by atoms with Crippen LogP contribution >= 0.6 is 0 Å². The molecule has 0 atom stereocenters. The predicted octanol–water partition coefficient (Wildman–Crippen LogP) is 3.46. The van der Waals surface area contributed by atoms with Crippen LogP contribution in [0, 0.1) is 0 Å². The van der Waals surface area contributed by atoms with Crippen molar-refractivity contribution in [1.82, 2.24) is 19.5 Å². The molecule has 1 aliphatic heterocycles. The number of aromatic nitrogens is 3. The zero-order valence-electron chi connectivity index (χ0n) is 17.3. The number of rotatable bonds is 6. The number of aromatic amines is 1. The molecule has 1 saturated heterocycles. The Morgan fingerprint density at radius 1 is 1.13 bits per heavy atom. The summed E-state index contributed by atoms with van der Waals surface area (Å²) in [5.74, 6) is 0.0294. The summed E-state index contributed by atoms with van der Waals surface area (Å²) in [6, 6.07) is 9.90. The minimum atomic E-state index is -3.61. The number of anilines is 1. The molecule has 162 valence electrons. The van der Waals surface area contributed by atoms with Crippen LogP contribution in [0.1, 0.15) is 42.1 Å². The van der Waals surface area contributed by atoms with Gasteiger partial charge in [-0.05, 0) is 49.6 Å². The summed E-state index contributed by atoms with van der Waals surface area (Å²) in [6.07, 6.45) is 6.81. The molecule has 1 amide bonds. The number of carbonyl (C=O) groups is 1. The largest absolute Gasteiger partial charge is 0.305 e. The second-order valence-electron chi connectivity index (χ2n) is 7.46. The Morgan fingerprint density at radius 2 is 1.87 bits per heavy atom. The van der Waals surface area contributed by atoms with Crippen LogP contribution in [0.5, 0.6) is 0 Å². The van der Waals surface area contributed by atoms with Gasteiger partial charge < -0.3 is 5.32 Å². The minimum Gasteiger partial charge on any atom is -0.305 e. The van der Waals surface area contributed by atoms with Crippen molar-refractivity contribution in [3.63, 3.8) is 0 Å². The van der Waals surface area contributed by atoms with Gasteiger partial charge in [0.05, 0.1) is 10.6 Å². The summed E-state index contributed by atoms with van der Waals surface area (Å²) < 4.78 is 27.4. The molecule has 0 bridgehead atoms. The topological polar surface area (TPSA) is 108 Å². The summed E-state index contributed by atoms with van der Waals surface area (Å²) in [5.41, 5.74) is 2.89. The number of carbonyl (C=O) groups excluding carboxylic acids is 1. The fourth-order valence-electron chi connectivity index (χ4n) is 3.80. The third-order valence-electron chi connectivity index (χ3n) is 5.47. The van der Waals surface area contributed by atoms with Gasteiger partial charge in [-0.1, -0.05) is 19.4 Å². The van der Waals surface area contributed by atoms with Gasteiger partial charge in [0.1, 0.15) is 0 Å². The van der Waals surface area contributed by atoms with Crippen molar-refractivity contribution >= 4 is 21.7 Å². The lowest BCUT2D eigenvalue weighted by molar-refractivity contribution is 0.102. The van der Waals surface area contributed by atoms with Crippen LogP contribution < -0.4 is 5.32 Å². The van der Waals surface area contributed by atoms with Crippen LogP contribution in [0.15, 0.2) is 53.7 Å². The summed E-state index contributed by atoms with van der Waals surface area (Å²) >= 11 is 0. The molecule has 31 heavy (non-hydrogen) atoms. The van der Waals surface area contributed by atoms with Gasteiger partial charge in [0.2, 0.25) is 10.0 Å². The normalized spacial score (nSPS) is 15.0. The molecule has 8 nitrogen and oxygen atoms in total. The first-order valence-corrected chi connectivity index (χ1v) is 11.8. The highest BCUT2D eigenvalue weighted by Gasteiger charge is 2.26. The van der Waals surface area contributed by atoms with E-state index >= 15 is 0 Å². The maximum absolute atomic E-state index is 13.0. The number of hydrogen-bond acceptors (Lipinski definition) is 5. The van der Waals surface area contributed by atoms with E-state index in [0.29, 0.717) is 25.3 Å². The van der Waals surface area contributed by atoms with E-state index in [9.17, 15) is 13.2 Å². The Balaban J connectivity index is 1.57. The lowest BCUT2D eigenvalue weighted by Gasteiger charge is -2.26. The summed E-state index contributed by atoms with van der Waals surface area (Å²) in [4.78, 5) is 17.1. The number of amides is 1. The monoisotopic (exact) mass is 439 g/mol. The number of sulfonamides is 1. The molecule has 3 aromatic rings. The van der Waals surface area contributed by atoms with Gasteiger partial charge in [0.15, 0.2) is 5.82 Å². The van der Waals surface area contributed by atoms with Crippen LogP contribution in [0.3, 0.4) is 0 Å². The van der Waals surface area contributed by atoms with Crippen molar-refractivity contribution < 1.29 is 13.2 Å². The Bertz CT molecular complexity index is 1170. The van der Waals surface area contributed by atoms with Gasteiger partial charge in [-0.25, -0.2) is 8.42 Å². The molecule has 0 saturated carbocycles. The lowest BCUT2D eigenvalue weighted by atomic mass is 10.1. The molecule has 9 heteroatoms. The van der Waals surface area contributed by atoms with Gasteiger partial charge in [0.25, 0.3) is 5.91 Å². The lowest BCUT2D eigenvalue weighted by Crippen LogP contribution is -2.35. The molecule has 4 rings (SSSR count). The van der Waals surface area contributed by atoms with E-state index in [-0.39, 0.29) is 10.5 Å². The summed E-state index contributed by atoms with van der Waals surface area (Å²) in [7, 11) is -3.61. The maximum atomic E-state index is 13.0. The second kappa shape index (κ2) is 8.99. The van der Waals surface area contributed by atoms with Gasteiger partial charge in [0, 0.05) is 42.2 Å². The minimum absolute atomic E-state index is 0.136. The van der Waals surface area contributed by atoms with Crippen molar-refractivity contribution in [1.29, 1.82) is 0 Å². The fraction of sp³-hybridized carbons (Fsp3) is 0.318. The standard InChI is InChI=1S/C22H25N5O3S/c1-2-19-20(16-9-11-23-12-10-16)25-26-21(19)24-22(28)17-7-6-8-18(15-17)31(29,30)27-13-4-3-5-14-27/h6-12,15H,2-5,13-14H2,1H3,(H2,24,25,26,28). The third-order valence-corrected chi connectivity index (χ3v) is 7.37. The van der Waals surface area contributed by atoms with E-state index in [1.165, 1.54) is 16.4 Å². The first-order chi connectivity index (χ1) is 15.0. The highest BCUT2D eigenvalue weighted by molar-refractivity contribution is 7.89. The number of H-pyrrole nitrogens is 1. The van der Waals surface area contributed by atoms with E-state index in [0.717, 1.165) is 36.1 Å². The van der Waals surface area contributed by atoms with Crippen molar-refractivity contribution in [2.75, 3.05) is 18.4 Å². The molecule has 2 aromatic heterocycles. The zero-order chi connectivity index (χ0) is 21.8. The maximum Gasteiger partial charge on any atom is 0.256 e. The van der Waals surface area contributed by atoms with E-state index in [4.69, 9.17) is 0 Å². The van der Waals surface area contributed by atoms with Crippen molar-refractivity contribution in [2.24, 2.45) is 0 Å². The smallest absolute Gasteiger partial charge is 0.256 e. The molecule has 0 radical (unpaired) electrons. The number of piperidine rings is 1. The fourth-order valence-corrected chi connectivity index (χ4v) is 5.37. The molecular formula is C22H25N5O3S. The molecular weight excluding hydrogens is 414 g/mol. The van der Waals surface area contributed by atoms with Crippen LogP contribution in [0.2, 0.25) is 0 Å². The Kier molecular flexibility index (Phi) is 6.15. The van der Waals surface area contributed by atoms with Gasteiger partial charge in [-0.2, -0.15) is 9.40 Å². The van der Waals surface area contributed by atoms with Crippen molar-refractivity contribution in [3.05, 3.63) is 59.9 Å². The predicted molar refractivity (Wildman–Crippen MR) is 118 cm³/mol. The zero-order valence-corrected chi connectivity index (χ0v) is 18.2. The highest BCUT2D eigenvalue weighted by atomic mass is 32.2. The Hall–Kier alpha value is -3.04. The molecule has 0 aliphatic carbocycles. The second-order valence-corrected chi connectivity index (χ2v) is 9.40. The SMILES string of the molecule is CCc1c(NC(=O)c2cccc(S(=O)(=O)N3CCCCC3)c2)n[nH]c1-c1ccncc1. The highest BCUT2D eigenvalue weighted by Crippen LogP contribution is 2.27. The van der Waals surface area contributed by atoms with E-state index < -0.39 is 15.9 Å². The Labute approximate surface area is 181 Å². The van der Waals surface area contributed by atoms with Crippen LogP contribution in [-0.4, -0.2) is 46.9 Å². The summed E-state index contributed by atoms with van der Waals surface area (Å²) in [6.45, 7) is 3.02.